The van der Waals surface area contributed by atoms with Crippen molar-refractivity contribution in [3.05, 3.63) is 30.0 Å². The highest BCUT2D eigenvalue weighted by molar-refractivity contribution is 6.01. The normalized spacial score (nSPS) is 14.4. The van der Waals surface area contributed by atoms with Crippen LogP contribution in [0.1, 0.15) is 36.2 Å². The van der Waals surface area contributed by atoms with E-state index in [1.165, 1.54) is 12.8 Å². The van der Waals surface area contributed by atoms with Gasteiger partial charge in [0.2, 0.25) is 5.82 Å². The fourth-order valence-electron chi connectivity index (χ4n) is 2.34. The van der Waals surface area contributed by atoms with Crippen molar-refractivity contribution in [3.63, 3.8) is 0 Å². The lowest BCUT2D eigenvalue weighted by atomic mass is 10.3. The molecule has 0 saturated carbocycles. The predicted octanol–water partition coefficient (Wildman–Crippen LogP) is 1.61. The third-order valence-corrected chi connectivity index (χ3v) is 3.51. The Morgan fingerprint density at radius 1 is 1.38 bits per heavy atom. The number of H-pyrrole nitrogens is 1. The lowest BCUT2D eigenvalue weighted by Crippen LogP contribution is -2.19. The lowest BCUT2D eigenvalue weighted by molar-refractivity contribution is 0.101. The van der Waals surface area contributed by atoms with Gasteiger partial charge in [0.05, 0.1) is 11.9 Å². The van der Waals surface area contributed by atoms with E-state index in [1.54, 1.807) is 6.20 Å². The number of aromatic nitrogens is 4. The Labute approximate surface area is 122 Å². The Morgan fingerprint density at radius 2 is 2.19 bits per heavy atom. The first-order chi connectivity index (χ1) is 10.3. The molecule has 7 heteroatoms. The topological polar surface area (TPSA) is 86.8 Å². The van der Waals surface area contributed by atoms with Crippen molar-refractivity contribution >= 4 is 17.4 Å². The molecule has 0 spiro atoms. The molecule has 0 radical (unpaired) electrons. The van der Waals surface area contributed by atoms with Gasteiger partial charge in [0.15, 0.2) is 0 Å². The first-order valence-corrected chi connectivity index (χ1v) is 7.20. The summed E-state index contributed by atoms with van der Waals surface area (Å²) in [6.07, 6.45) is 4.81. The number of hydrogen-bond acceptors (Lipinski definition) is 5. The van der Waals surface area contributed by atoms with Crippen molar-refractivity contribution in [2.75, 3.05) is 23.3 Å². The second-order valence-electron chi connectivity index (χ2n) is 5.01. The van der Waals surface area contributed by atoms with E-state index in [0.29, 0.717) is 17.9 Å². The zero-order valence-electron chi connectivity index (χ0n) is 12.0. The van der Waals surface area contributed by atoms with Gasteiger partial charge in [0.25, 0.3) is 5.91 Å². The molecule has 110 valence electrons. The van der Waals surface area contributed by atoms with Crippen molar-refractivity contribution in [3.8, 4) is 0 Å². The Balaban J connectivity index is 1.65. The van der Waals surface area contributed by atoms with Crippen molar-refractivity contribution in [2.45, 2.75) is 26.2 Å². The van der Waals surface area contributed by atoms with E-state index in [-0.39, 0.29) is 11.7 Å². The number of carbonyl (C=O) groups is 1. The van der Waals surface area contributed by atoms with E-state index in [9.17, 15) is 4.79 Å². The molecule has 1 saturated heterocycles. The van der Waals surface area contributed by atoms with Crippen LogP contribution in [0.25, 0.3) is 0 Å². The number of carbonyl (C=O) groups excluding carboxylic acids is 1. The number of hydrogen-bond donors (Lipinski definition) is 2. The van der Waals surface area contributed by atoms with Gasteiger partial charge < -0.3 is 10.2 Å². The minimum atomic E-state index is -0.332. The van der Waals surface area contributed by atoms with E-state index in [0.717, 1.165) is 18.9 Å². The smallest absolute Gasteiger partial charge is 0.295 e. The standard InChI is InChI=1S/C14H18N6O/c1-2-11-17-13(19-18-11)14(21)16-10-5-6-12(15-9-10)20-7-3-4-8-20/h5-6,9H,2-4,7-8H2,1H3,(H,16,21)(H,17,18,19). The highest BCUT2D eigenvalue weighted by atomic mass is 16.2. The summed E-state index contributed by atoms with van der Waals surface area (Å²) in [5, 5.41) is 9.36. The van der Waals surface area contributed by atoms with Crippen LogP contribution in [0.5, 0.6) is 0 Å². The summed E-state index contributed by atoms with van der Waals surface area (Å²) in [7, 11) is 0. The molecule has 0 aliphatic carbocycles. The molecule has 3 heterocycles. The molecule has 0 atom stereocenters. The number of pyridine rings is 1. The largest absolute Gasteiger partial charge is 0.357 e. The van der Waals surface area contributed by atoms with E-state index >= 15 is 0 Å². The molecule has 0 unspecified atom stereocenters. The summed E-state index contributed by atoms with van der Waals surface area (Å²) in [5.41, 5.74) is 0.644. The van der Waals surface area contributed by atoms with Crippen LogP contribution in [0.2, 0.25) is 0 Å². The first-order valence-electron chi connectivity index (χ1n) is 7.20. The molecule has 3 rings (SSSR count). The maximum absolute atomic E-state index is 12.0. The molecule has 1 aliphatic rings. The average Bonchev–Trinajstić information content (AvgIpc) is 3.19. The fraction of sp³-hybridized carbons (Fsp3) is 0.429. The highest BCUT2D eigenvalue weighted by Gasteiger charge is 2.15. The van der Waals surface area contributed by atoms with Gasteiger partial charge >= 0.3 is 0 Å². The molecule has 21 heavy (non-hydrogen) atoms. The third-order valence-electron chi connectivity index (χ3n) is 3.51. The van der Waals surface area contributed by atoms with Crippen molar-refractivity contribution in [1.82, 2.24) is 20.2 Å². The van der Waals surface area contributed by atoms with Gasteiger partial charge in [-0.15, -0.1) is 5.10 Å². The van der Waals surface area contributed by atoms with Crippen LogP contribution in [-0.4, -0.2) is 39.2 Å². The van der Waals surface area contributed by atoms with Crippen LogP contribution in [-0.2, 0) is 6.42 Å². The fourth-order valence-corrected chi connectivity index (χ4v) is 2.34. The summed E-state index contributed by atoms with van der Waals surface area (Å²) in [4.78, 5) is 22.7. The number of nitrogens with one attached hydrogen (secondary N) is 2. The van der Waals surface area contributed by atoms with Crippen molar-refractivity contribution in [1.29, 1.82) is 0 Å². The zero-order valence-corrected chi connectivity index (χ0v) is 12.0. The van der Waals surface area contributed by atoms with Crippen LogP contribution in [0.4, 0.5) is 11.5 Å². The molecular formula is C14H18N6O. The Morgan fingerprint density at radius 3 is 2.81 bits per heavy atom. The molecule has 1 aliphatic heterocycles. The molecule has 0 bridgehead atoms. The second kappa shape index (κ2) is 5.90. The Kier molecular flexibility index (Phi) is 3.81. The number of aromatic amines is 1. The van der Waals surface area contributed by atoms with Gasteiger partial charge in [-0.1, -0.05) is 6.92 Å². The van der Waals surface area contributed by atoms with E-state index < -0.39 is 0 Å². The van der Waals surface area contributed by atoms with Crippen LogP contribution in [0, 0.1) is 0 Å². The molecule has 2 N–H and O–H groups in total. The quantitative estimate of drug-likeness (QED) is 0.891. The summed E-state index contributed by atoms with van der Waals surface area (Å²) < 4.78 is 0. The van der Waals surface area contributed by atoms with Crippen LogP contribution in [0.3, 0.4) is 0 Å². The maximum atomic E-state index is 12.0. The van der Waals surface area contributed by atoms with E-state index in [2.05, 4.69) is 30.4 Å². The first kappa shape index (κ1) is 13.5. The number of nitrogens with zero attached hydrogens (tertiary/aromatic N) is 4. The molecular weight excluding hydrogens is 268 g/mol. The Bertz CT molecular complexity index is 615. The minimum Gasteiger partial charge on any atom is -0.357 e. The summed E-state index contributed by atoms with van der Waals surface area (Å²) in [5.74, 6) is 1.47. The van der Waals surface area contributed by atoms with Crippen molar-refractivity contribution < 1.29 is 4.79 Å². The monoisotopic (exact) mass is 286 g/mol. The maximum Gasteiger partial charge on any atom is 0.295 e. The van der Waals surface area contributed by atoms with Crippen molar-refractivity contribution in [2.24, 2.45) is 0 Å². The molecule has 0 aromatic carbocycles. The number of amides is 1. The average molecular weight is 286 g/mol. The molecule has 1 amide bonds. The van der Waals surface area contributed by atoms with Crippen LogP contribution < -0.4 is 10.2 Å². The van der Waals surface area contributed by atoms with E-state index in [4.69, 9.17) is 0 Å². The molecule has 2 aromatic rings. The van der Waals surface area contributed by atoms with Gasteiger partial charge in [0, 0.05) is 19.5 Å². The third kappa shape index (κ3) is 3.01. The SMILES string of the molecule is CCc1nc(C(=O)Nc2ccc(N3CCCC3)nc2)n[nH]1. The predicted molar refractivity (Wildman–Crippen MR) is 79.4 cm³/mol. The van der Waals surface area contributed by atoms with Gasteiger partial charge in [-0.05, 0) is 25.0 Å². The highest BCUT2D eigenvalue weighted by Crippen LogP contribution is 2.19. The lowest BCUT2D eigenvalue weighted by Gasteiger charge is -2.16. The molecule has 2 aromatic heterocycles. The van der Waals surface area contributed by atoms with Crippen LogP contribution in [0.15, 0.2) is 18.3 Å². The van der Waals surface area contributed by atoms with Gasteiger partial charge in [-0.25, -0.2) is 9.97 Å². The Hall–Kier alpha value is -2.44. The second-order valence-corrected chi connectivity index (χ2v) is 5.01. The number of anilines is 2. The van der Waals surface area contributed by atoms with Gasteiger partial charge in [0.1, 0.15) is 11.6 Å². The summed E-state index contributed by atoms with van der Waals surface area (Å²) >= 11 is 0. The number of aryl methyl sites for hydroxylation is 1. The molecule has 7 nitrogen and oxygen atoms in total. The summed E-state index contributed by atoms with van der Waals surface area (Å²) in [6, 6.07) is 3.78. The summed E-state index contributed by atoms with van der Waals surface area (Å²) in [6.45, 7) is 4.05. The van der Waals surface area contributed by atoms with E-state index in [1.807, 2.05) is 19.1 Å². The van der Waals surface area contributed by atoms with Gasteiger partial charge in [-0.3, -0.25) is 9.89 Å². The number of rotatable bonds is 4. The van der Waals surface area contributed by atoms with Gasteiger partial charge in [-0.2, -0.15) is 0 Å². The minimum absolute atomic E-state index is 0.149. The zero-order chi connectivity index (χ0) is 14.7. The van der Waals surface area contributed by atoms with Crippen LogP contribution >= 0.6 is 0 Å². The molecule has 1 fully saturated rings.